The molecule has 0 saturated carbocycles. The summed E-state index contributed by atoms with van der Waals surface area (Å²) in [5.74, 6) is 1.33. The smallest absolute Gasteiger partial charge is 0.255 e. The summed E-state index contributed by atoms with van der Waals surface area (Å²) in [5.41, 5.74) is 6.68. The molecule has 4 heteroatoms. The number of hydrogen-bond donors (Lipinski definition) is 1. The summed E-state index contributed by atoms with van der Waals surface area (Å²) in [6.07, 6.45) is 0. The first kappa shape index (κ1) is 20.5. The number of rotatable bonds is 6. The van der Waals surface area contributed by atoms with Gasteiger partial charge in [-0.05, 0) is 80.8 Å². The molecule has 4 nitrogen and oxygen atoms in total. The van der Waals surface area contributed by atoms with E-state index >= 15 is 0 Å². The third kappa shape index (κ3) is 5.17. The Morgan fingerprint density at radius 2 is 1.59 bits per heavy atom. The first-order valence-corrected chi connectivity index (χ1v) is 9.62. The molecule has 0 unspecified atom stereocenters. The highest BCUT2D eigenvalue weighted by atomic mass is 16.5. The van der Waals surface area contributed by atoms with E-state index in [0.29, 0.717) is 17.9 Å². The first-order chi connectivity index (χ1) is 13.9. The Hall–Kier alpha value is -3.27. The standard InChI is InChI=1S/C25H27NO3/c1-16-6-8-23(19(4)11-16)26-25(27)20-7-9-24(28-5)21(14-20)15-29-22-12-17(2)10-18(3)13-22/h6-14H,15H2,1-5H3,(H,26,27). The van der Waals surface area contributed by atoms with Gasteiger partial charge < -0.3 is 14.8 Å². The molecule has 0 aliphatic heterocycles. The topological polar surface area (TPSA) is 47.6 Å². The second kappa shape index (κ2) is 8.82. The Morgan fingerprint density at radius 1 is 0.862 bits per heavy atom. The van der Waals surface area contributed by atoms with Crippen molar-refractivity contribution in [3.8, 4) is 11.5 Å². The van der Waals surface area contributed by atoms with Gasteiger partial charge in [-0.3, -0.25) is 4.79 Å². The van der Waals surface area contributed by atoms with E-state index in [4.69, 9.17) is 9.47 Å². The molecule has 0 heterocycles. The summed E-state index contributed by atoms with van der Waals surface area (Å²) in [6, 6.07) is 17.4. The van der Waals surface area contributed by atoms with Crippen LogP contribution in [-0.4, -0.2) is 13.0 Å². The molecule has 0 aliphatic rings. The maximum Gasteiger partial charge on any atom is 0.255 e. The largest absolute Gasteiger partial charge is 0.496 e. The zero-order chi connectivity index (χ0) is 21.0. The third-order valence-electron chi connectivity index (χ3n) is 4.76. The van der Waals surface area contributed by atoms with Crippen molar-refractivity contribution >= 4 is 11.6 Å². The monoisotopic (exact) mass is 389 g/mol. The van der Waals surface area contributed by atoms with Gasteiger partial charge in [-0.1, -0.05) is 23.8 Å². The lowest BCUT2D eigenvalue weighted by atomic mass is 10.1. The molecule has 0 spiro atoms. The number of ether oxygens (including phenoxy) is 2. The van der Waals surface area contributed by atoms with Crippen LogP contribution in [0.4, 0.5) is 5.69 Å². The molecule has 0 aromatic heterocycles. The van der Waals surface area contributed by atoms with Gasteiger partial charge in [0.15, 0.2) is 0 Å². The fraction of sp³-hybridized carbons (Fsp3) is 0.240. The number of carbonyl (C=O) groups is 1. The fourth-order valence-corrected chi connectivity index (χ4v) is 3.36. The minimum absolute atomic E-state index is 0.160. The Bertz CT molecular complexity index is 1020. The highest BCUT2D eigenvalue weighted by Crippen LogP contribution is 2.24. The van der Waals surface area contributed by atoms with Crippen molar-refractivity contribution < 1.29 is 14.3 Å². The van der Waals surface area contributed by atoms with Crippen LogP contribution in [0.2, 0.25) is 0 Å². The van der Waals surface area contributed by atoms with Gasteiger partial charge in [0.25, 0.3) is 5.91 Å². The normalized spacial score (nSPS) is 10.5. The van der Waals surface area contributed by atoms with Gasteiger partial charge in [-0.25, -0.2) is 0 Å². The summed E-state index contributed by atoms with van der Waals surface area (Å²) < 4.78 is 11.4. The van der Waals surface area contributed by atoms with Crippen LogP contribution in [0.1, 0.15) is 38.2 Å². The molecule has 1 N–H and O–H groups in total. The van der Waals surface area contributed by atoms with E-state index < -0.39 is 0 Å². The Balaban J connectivity index is 1.79. The highest BCUT2D eigenvalue weighted by Gasteiger charge is 2.12. The molecule has 0 saturated heterocycles. The summed E-state index contributed by atoms with van der Waals surface area (Å²) in [6.45, 7) is 8.41. The van der Waals surface area contributed by atoms with Crippen molar-refractivity contribution in [2.24, 2.45) is 0 Å². The number of anilines is 1. The fourth-order valence-electron chi connectivity index (χ4n) is 3.36. The lowest BCUT2D eigenvalue weighted by molar-refractivity contribution is 0.102. The molecule has 3 aromatic rings. The molecule has 3 rings (SSSR count). The molecule has 0 bridgehead atoms. The van der Waals surface area contributed by atoms with E-state index in [1.54, 1.807) is 19.2 Å². The summed E-state index contributed by atoms with van der Waals surface area (Å²) >= 11 is 0. The molecule has 0 atom stereocenters. The number of aryl methyl sites for hydroxylation is 4. The molecule has 0 radical (unpaired) electrons. The summed E-state index contributed by atoms with van der Waals surface area (Å²) in [4.78, 5) is 12.8. The van der Waals surface area contributed by atoms with E-state index in [9.17, 15) is 4.79 Å². The van der Waals surface area contributed by atoms with Gasteiger partial charge in [-0.2, -0.15) is 0 Å². The zero-order valence-corrected chi connectivity index (χ0v) is 17.6. The summed E-state index contributed by atoms with van der Waals surface area (Å²) in [7, 11) is 1.62. The van der Waals surface area contributed by atoms with E-state index in [1.807, 2.05) is 64.1 Å². The van der Waals surface area contributed by atoms with Crippen molar-refractivity contribution in [2.45, 2.75) is 34.3 Å². The van der Waals surface area contributed by atoms with Crippen LogP contribution >= 0.6 is 0 Å². The van der Waals surface area contributed by atoms with Crippen LogP contribution in [0.25, 0.3) is 0 Å². The van der Waals surface area contributed by atoms with Crippen LogP contribution in [0, 0.1) is 27.7 Å². The van der Waals surface area contributed by atoms with Crippen LogP contribution in [0.15, 0.2) is 54.6 Å². The molecular formula is C25H27NO3. The van der Waals surface area contributed by atoms with Crippen LogP contribution in [0.5, 0.6) is 11.5 Å². The minimum Gasteiger partial charge on any atom is -0.496 e. The van der Waals surface area contributed by atoms with Gasteiger partial charge in [-0.15, -0.1) is 0 Å². The molecule has 0 fully saturated rings. The highest BCUT2D eigenvalue weighted by molar-refractivity contribution is 6.04. The van der Waals surface area contributed by atoms with Gasteiger partial charge in [0, 0.05) is 16.8 Å². The SMILES string of the molecule is COc1ccc(C(=O)Nc2ccc(C)cc2C)cc1COc1cc(C)cc(C)c1. The van der Waals surface area contributed by atoms with Gasteiger partial charge >= 0.3 is 0 Å². The predicted octanol–water partition coefficient (Wildman–Crippen LogP) is 5.76. The molecule has 1 amide bonds. The lowest BCUT2D eigenvalue weighted by Gasteiger charge is -2.14. The minimum atomic E-state index is -0.160. The quantitative estimate of drug-likeness (QED) is 0.583. The van der Waals surface area contributed by atoms with Crippen molar-refractivity contribution in [1.82, 2.24) is 0 Å². The Kier molecular flexibility index (Phi) is 6.23. The van der Waals surface area contributed by atoms with Crippen LogP contribution in [-0.2, 0) is 6.61 Å². The van der Waals surface area contributed by atoms with Crippen molar-refractivity contribution in [3.63, 3.8) is 0 Å². The number of amides is 1. The van der Waals surface area contributed by atoms with Gasteiger partial charge in [0.2, 0.25) is 0 Å². The first-order valence-electron chi connectivity index (χ1n) is 9.62. The van der Waals surface area contributed by atoms with Crippen LogP contribution in [0.3, 0.4) is 0 Å². The Labute approximate surface area is 172 Å². The molecule has 0 aliphatic carbocycles. The van der Waals surface area contributed by atoms with E-state index in [1.165, 1.54) is 0 Å². The average molecular weight is 389 g/mol. The summed E-state index contributed by atoms with van der Waals surface area (Å²) in [5, 5.41) is 2.99. The second-order valence-corrected chi connectivity index (χ2v) is 7.41. The van der Waals surface area contributed by atoms with Gasteiger partial charge in [0.05, 0.1) is 7.11 Å². The van der Waals surface area contributed by atoms with E-state index in [-0.39, 0.29) is 5.91 Å². The number of nitrogens with one attached hydrogen (secondary N) is 1. The van der Waals surface area contributed by atoms with E-state index in [0.717, 1.165) is 39.3 Å². The van der Waals surface area contributed by atoms with Crippen molar-refractivity contribution in [2.75, 3.05) is 12.4 Å². The average Bonchev–Trinajstić information content (AvgIpc) is 2.67. The number of methoxy groups -OCH3 is 1. The Morgan fingerprint density at radius 3 is 2.24 bits per heavy atom. The van der Waals surface area contributed by atoms with Crippen molar-refractivity contribution in [1.29, 1.82) is 0 Å². The zero-order valence-electron chi connectivity index (χ0n) is 17.6. The maximum atomic E-state index is 12.8. The van der Waals surface area contributed by atoms with Crippen molar-refractivity contribution in [3.05, 3.63) is 88.0 Å². The van der Waals surface area contributed by atoms with Crippen LogP contribution < -0.4 is 14.8 Å². The number of benzene rings is 3. The lowest BCUT2D eigenvalue weighted by Crippen LogP contribution is -2.13. The number of carbonyl (C=O) groups excluding carboxylic acids is 1. The maximum absolute atomic E-state index is 12.8. The van der Waals surface area contributed by atoms with E-state index in [2.05, 4.69) is 11.4 Å². The second-order valence-electron chi connectivity index (χ2n) is 7.41. The molecule has 150 valence electrons. The predicted molar refractivity (Wildman–Crippen MR) is 117 cm³/mol. The van der Waals surface area contributed by atoms with Gasteiger partial charge in [0.1, 0.15) is 18.1 Å². The molecule has 29 heavy (non-hydrogen) atoms. The molecule has 3 aromatic carbocycles. The molecular weight excluding hydrogens is 362 g/mol. The number of hydrogen-bond acceptors (Lipinski definition) is 3. The third-order valence-corrected chi connectivity index (χ3v) is 4.76.